The minimum atomic E-state index is -1.34. The van der Waals surface area contributed by atoms with Gasteiger partial charge in [0.15, 0.2) is 6.61 Å². The second kappa shape index (κ2) is 12.6. The van der Waals surface area contributed by atoms with Gasteiger partial charge in [0.05, 0.1) is 11.0 Å². The number of benzene rings is 3. The Morgan fingerprint density at radius 1 is 1.06 bits per heavy atom. The van der Waals surface area contributed by atoms with Gasteiger partial charge in [-0.15, -0.1) is 0 Å². The third-order valence-corrected chi connectivity index (χ3v) is 10.5. The van der Waals surface area contributed by atoms with E-state index >= 15 is 0 Å². The first-order valence-electron chi connectivity index (χ1n) is 17.2. The first-order chi connectivity index (χ1) is 22.6. The Balaban J connectivity index is 1.33. The molecular formula is C40H48N2O6. The van der Waals surface area contributed by atoms with Crippen LogP contribution in [0.3, 0.4) is 0 Å². The average molecular weight is 653 g/mol. The fourth-order valence-electron chi connectivity index (χ4n) is 8.48. The van der Waals surface area contributed by atoms with Crippen LogP contribution in [0.15, 0.2) is 54.6 Å². The fraction of sp³-hybridized carbons (Fsp3) is 0.475. The summed E-state index contributed by atoms with van der Waals surface area (Å²) in [6, 6.07) is 18.1. The van der Waals surface area contributed by atoms with Crippen molar-refractivity contribution in [2.24, 2.45) is 11.3 Å². The van der Waals surface area contributed by atoms with Crippen LogP contribution in [0.2, 0.25) is 0 Å². The lowest BCUT2D eigenvalue weighted by atomic mass is 9.48. The Kier molecular flexibility index (Phi) is 8.81. The quantitative estimate of drug-likeness (QED) is 0.144. The van der Waals surface area contributed by atoms with Crippen LogP contribution in [0.4, 0.5) is 4.79 Å². The molecule has 6 rings (SSSR count). The second-order valence-corrected chi connectivity index (χ2v) is 15.6. The van der Waals surface area contributed by atoms with E-state index in [1.54, 1.807) is 12.1 Å². The molecule has 1 heterocycles. The van der Waals surface area contributed by atoms with Crippen molar-refractivity contribution >= 4 is 23.2 Å². The summed E-state index contributed by atoms with van der Waals surface area (Å²) in [7, 11) is 0. The van der Waals surface area contributed by atoms with Crippen molar-refractivity contribution in [1.82, 2.24) is 9.97 Å². The normalized spacial score (nSPS) is 22.2. The van der Waals surface area contributed by atoms with Crippen molar-refractivity contribution in [2.45, 2.75) is 104 Å². The van der Waals surface area contributed by atoms with Gasteiger partial charge in [-0.25, -0.2) is 14.6 Å². The number of carbonyl (C=O) groups is 2. The fourth-order valence-corrected chi connectivity index (χ4v) is 8.48. The highest BCUT2D eigenvalue weighted by Crippen LogP contribution is 2.59. The number of hydrogen-bond donors (Lipinski definition) is 2. The monoisotopic (exact) mass is 652 g/mol. The topological polar surface area (TPSA) is 111 Å². The molecule has 0 aliphatic heterocycles. The van der Waals surface area contributed by atoms with Gasteiger partial charge in [-0.1, -0.05) is 64.4 Å². The zero-order valence-corrected chi connectivity index (χ0v) is 29.2. The van der Waals surface area contributed by atoms with E-state index in [1.807, 2.05) is 45.0 Å². The highest BCUT2D eigenvalue weighted by Gasteiger charge is 2.52. The van der Waals surface area contributed by atoms with E-state index in [1.165, 1.54) is 16.7 Å². The van der Waals surface area contributed by atoms with Gasteiger partial charge >= 0.3 is 12.1 Å². The molecule has 0 saturated heterocycles. The number of H-pyrrole nitrogens is 1. The molecule has 48 heavy (non-hydrogen) atoms. The molecule has 0 spiro atoms. The van der Waals surface area contributed by atoms with Crippen molar-refractivity contribution in [1.29, 1.82) is 0 Å². The van der Waals surface area contributed by atoms with Crippen LogP contribution in [0, 0.1) is 11.3 Å². The third-order valence-electron chi connectivity index (χ3n) is 10.5. The molecule has 8 nitrogen and oxygen atoms in total. The summed E-state index contributed by atoms with van der Waals surface area (Å²) < 4.78 is 16.5. The van der Waals surface area contributed by atoms with Gasteiger partial charge in [-0.2, -0.15) is 0 Å². The zero-order valence-electron chi connectivity index (χ0n) is 29.2. The molecule has 2 aliphatic rings. The third kappa shape index (κ3) is 6.67. The van der Waals surface area contributed by atoms with Crippen LogP contribution >= 0.6 is 0 Å². The van der Waals surface area contributed by atoms with E-state index in [0.717, 1.165) is 48.7 Å². The van der Waals surface area contributed by atoms with Gasteiger partial charge in [0.2, 0.25) is 0 Å². The largest absolute Gasteiger partial charge is 0.511 e. The number of carboxylic acid groups (broad SMARTS) is 1. The van der Waals surface area contributed by atoms with Crippen LogP contribution < -0.4 is 9.47 Å². The number of ether oxygens (including phenoxy) is 3. The number of nitrogens with one attached hydrogen (secondary N) is 1. The number of aromatic nitrogens is 2. The van der Waals surface area contributed by atoms with Crippen LogP contribution in [0.5, 0.6) is 11.5 Å². The summed E-state index contributed by atoms with van der Waals surface area (Å²) in [5, 5.41) is 9.70. The molecule has 1 saturated carbocycles. The summed E-state index contributed by atoms with van der Waals surface area (Å²) in [4.78, 5) is 32.6. The second-order valence-electron chi connectivity index (χ2n) is 15.6. The SMILES string of the molecule is CC(C)c1ccc2c(c1)CC[C@H]1[C@@](C)(Cc3c(OC(=O)O)ccc4[nH]c(-c5cccc(OCC(=O)OC(C)(C)C)c5)nc34)CCC[C@]21C. The number of imidazole rings is 1. The van der Waals surface area contributed by atoms with E-state index in [0.29, 0.717) is 41.1 Å². The Labute approximate surface area is 283 Å². The molecule has 0 bridgehead atoms. The van der Waals surface area contributed by atoms with Gasteiger partial charge < -0.3 is 24.3 Å². The van der Waals surface area contributed by atoms with E-state index in [-0.39, 0.29) is 17.4 Å². The predicted molar refractivity (Wildman–Crippen MR) is 187 cm³/mol. The number of aromatic amines is 1. The molecule has 0 radical (unpaired) electrons. The van der Waals surface area contributed by atoms with Crippen LogP contribution in [-0.4, -0.2) is 39.4 Å². The van der Waals surface area contributed by atoms with Gasteiger partial charge in [0.25, 0.3) is 0 Å². The van der Waals surface area contributed by atoms with E-state index in [4.69, 9.17) is 19.2 Å². The maximum Gasteiger partial charge on any atom is 0.511 e. The van der Waals surface area contributed by atoms with Crippen LogP contribution in [-0.2, 0) is 27.8 Å². The number of fused-ring (bicyclic) bond motifs is 4. The molecule has 0 amide bonds. The smallest absolute Gasteiger partial charge is 0.482 e. The van der Waals surface area contributed by atoms with Gasteiger partial charge in [-0.05, 0) is 116 Å². The molecule has 3 aromatic carbocycles. The molecule has 8 heteroatoms. The molecule has 254 valence electrons. The Bertz CT molecular complexity index is 1850. The molecule has 4 aromatic rings. The summed E-state index contributed by atoms with van der Waals surface area (Å²) in [6.07, 6.45) is 4.74. The number of hydrogen-bond acceptors (Lipinski definition) is 6. The molecule has 0 unspecified atom stereocenters. The van der Waals surface area contributed by atoms with Crippen molar-refractivity contribution < 1.29 is 28.9 Å². The van der Waals surface area contributed by atoms with Crippen molar-refractivity contribution in [3.8, 4) is 22.9 Å². The lowest BCUT2D eigenvalue weighted by Gasteiger charge is -2.56. The molecule has 1 aromatic heterocycles. The van der Waals surface area contributed by atoms with E-state index in [9.17, 15) is 14.7 Å². The standard InChI is InChI=1S/C40H48N2O6/c1-24(2)25-12-14-30-26(20-25)13-17-33-39(6,18-9-19-40(30,33)7)22-29-32(47-37(44)45)16-15-31-35(29)42-36(41-31)27-10-8-11-28(21-27)46-23-34(43)48-38(3,4)5/h8,10-12,14-16,20-21,24,33H,9,13,17-19,22-23H2,1-7H3,(H,41,42)(H,44,45)/t33-,39+,40+/m0/s1. The minimum Gasteiger partial charge on any atom is -0.482 e. The summed E-state index contributed by atoms with van der Waals surface area (Å²) in [6.45, 7) is 14.6. The lowest BCUT2D eigenvalue weighted by Crippen LogP contribution is -2.50. The van der Waals surface area contributed by atoms with Gasteiger partial charge in [-0.3, -0.25) is 0 Å². The van der Waals surface area contributed by atoms with Crippen LogP contribution in [0.25, 0.3) is 22.4 Å². The number of rotatable bonds is 8. The predicted octanol–water partition coefficient (Wildman–Crippen LogP) is 9.38. The average Bonchev–Trinajstić information content (AvgIpc) is 3.45. The highest BCUT2D eigenvalue weighted by molar-refractivity contribution is 5.85. The first kappa shape index (κ1) is 33.6. The summed E-state index contributed by atoms with van der Waals surface area (Å²) in [5.41, 5.74) is 6.79. The number of carbonyl (C=O) groups excluding carboxylic acids is 1. The van der Waals surface area contributed by atoms with Crippen molar-refractivity contribution in [3.05, 3.63) is 76.9 Å². The van der Waals surface area contributed by atoms with Crippen molar-refractivity contribution in [3.63, 3.8) is 0 Å². The van der Waals surface area contributed by atoms with Gasteiger partial charge in [0.1, 0.15) is 22.9 Å². The number of aryl methyl sites for hydroxylation is 1. The molecule has 1 fully saturated rings. The Morgan fingerprint density at radius 2 is 1.85 bits per heavy atom. The molecule has 2 N–H and O–H groups in total. The molecule has 3 atom stereocenters. The molecule has 2 aliphatic carbocycles. The Hall–Kier alpha value is -4.33. The summed E-state index contributed by atoms with van der Waals surface area (Å²) in [5.74, 6) is 1.93. The lowest BCUT2D eigenvalue weighted by molar-refractivity contribution is -0.157. The van der Waals surface area contributed by atoms with E-state index < -0.39 is 17.7 Å². The number of esters is 1. The number of nitrogens with zero attached hydrogens (tertiary/aromatic N) is 1. The highest BCUT2D eigenvalue weighted by atomic mass is 16.7. The Morgan fingerprint density at radius 3 is 2.58 bits per heavy atom. The minimum absolute atomic E-state index is 0.0360. The van der Waals surface area contributed by atoms with Gasteiger partial charge in [0, 0.05) is 11.1 Å². The zero-order chi connectivity index (χ0) is 34.4. The molecular weight excluding hydrogens is 604 g/mol. The van der Waals surface area contributed by atoms with E-state index in [2.05, 4.69) is 50.9 Å². The summed E-state index contributed by atoms with van der Waals surface area (Å²) >= 11 is 0. The van der Waals surface area contributed by atoms with Crippen LogP contribution in [0.1, 0.15) is 102 Å². The first-order valence-corrected chi connectivity index (χ1v) is 17.2. The maximum absolute atomic E-state index is 12.2. The maximum atomic E-state index is 12.2. The van der Waals surface area contributed by atoms with Crippen molar-refractivity contribution in [2.75, 3.05) is 6.61 Å².